The van der Waals surface area contributed by atoms with E-state index in [1.54, 1.807) is 0 Å². The Balaban J connectivity index is 0.00000261. The summed E-state index contributed by atoms with van der Waals surface area (Å²) in [6, 6.07) is 16.2. The molecule has 2 aromatic rings. The number of ether oxygens (including phenoxy) is 2. The number of hydrogen-bond acceptors (Lipinski definition) is 3. The molecule has 1 atom stereocenters. The first kappa shape index (κ1) is 21.3. The summed E-state index contributed by atoms with van der Waals surface area (Å²) >= 11 is 0. The summed E-state index contributed by atoms with van der Waals surface area (Å²) in [5, 5.41) is 3.32. The predicted molar refractivity (Wildman–Crippen MR) is 120 cm³/mol. The van der Waals surface area contributed by atoms with Crippen LogP contribution in [0.1, 0.15) is 37.4 Å². The zero-order chi connectivity index (χ0) is 18.4. The quantitative estimate of drug-likeness (QED) is 0.368. The Bertz CT molecular complexity index is 765. The minimum Gasteiger partial charge on any atom is -0.493 e. The van der Waals surface area contributed by atoms with Crippen LogP contribution in [0.5, 0.6) is 11.5 Å². The molecular weight excluding hydrogens is 453 g/mol. The van der Waals surface area contributed by atoms with Crippen LogP contribution in [0.15, 0.2) is 53.5 Å². The molecule has 0 spiro atoms. The van der Waals surface area contributed by atoms with Crippen LogP contribution >= 0.6 is 24.0 Å². The number of aliphatic imine (C=N–C) groups is 1. The molecule has 146 valence electrons. The highest BCUT2D eigenvalue weighted by atomic mass is 127. The fraction of sp³-hybridized carbons (Fsp3) is 0.381. The van der Waals surface area contributed by atoms with Gasteiger partial charge < -0.3 is 20.5 Å². The number of hydrogen-bond donors (Lipinski definition) is 2. The van der Waals surface area contributed by atoms with Crippen LogP contribution in [0.2, 0.25) is 0 Å². The minimum atomic E-state index is 0. The zero-order valence-corrected chi connectivity index (χ0v) is 18.2. The lowest BCUT2D eigenvalue weighted by Gasteiger charge is -2.26. The number of fused-ring (bicyclic) bond motifs is 1. The van der Waals surface area contributed by atoms with E-state index in [4.69, 9.17) is 15.2 Å². The fourth-order valence-corrected chi connectivity index (χ4v) is 2.89. The van der Waals surface area contributed by atoms with E-state index in [-0.39, 0.29) is 30.0 Å². The van der Waals surface area contributed by atoms with Crippen molar-refractivity contribution in [3.63, 3.8) is 0 Å². The second-order valence-corrected chi connectivity index (χ2v) is 6.93. The maximum Gasteiger partial charge on any atom is 0.189 e. The summed E-state index contributed by atoms with van der Waals surface area (Å²) in [7, 11) is 0. The van der Waals surface area contributed by atoms with Crippen molar-refractivity contribution in [3.8, 4) is 11.5 Å². The van der Waals surface area contributed by atoms with Crippen molar-refractivity contribution in [3.05, 3.63) is 59.7 Å². The Morgan fingerprint density at radius 2 is 2.07 bits per heavy atom. The summed E-state index contributed by atoms with van der Waals surface area (Å²) in [5.74, 6) is 2.73. The van der Waals surface area contributed by atoms with E-state index in [1.165, 1.54) is 0 Å². The average Bonchev–Trinajstić information content (AvgIpc) is 2.65. The number of nitrogens with two attached hydrogens (primary N) is 1. The molecule has 2 aromatic carbocycles. The Morgan fingerprint density at radius 3 is 2.89 bits per heavy atom. The summed E-state index contributed by atoms with van der Waals surface area (Å²) < 4.78 is 11.4. The van der Waals surface area contributed by atoms with Crippen molar-refractivity contribution in [2.24, 2.45) is 16.6 Å². The van der Waals surface area contributed by atoms with Crippen molar-refractivity contribution in [2.75, 3.05) is 13.2 Å². The van der Waals surface area contributed by atoms with Gasteiger partial charge in [-0.3, -0.25) is 0 Å². The van der Waals surface area contributed by atoms with Crippen molar-refractivity contribution in [1.82, 2.24) is 5.32 Å². The van der Waals surface area contributed by atoms with Crippen molar-refractivity contribution in [2.45, 2.75) is 32.9 Å². The molecule has 1 unspecified atom stereocenters. The number of nitrogens with zero attached hydrogens (tertiary/aromatic N) is 1. The van der Waals surface area contributed by atoms with Gasteiger partial charge in [0.25, 0.3) is 0 Å². The van der Waals surface area contributed by atoms with Crippen LogP contribution in [0.3, 0.4) is 0 Å². The van der Waals surface area contributed by atoms with Gasteiger partial charge in [-0.2, -0.15) is 0 Å². The van der Waals surface area contributed by atoms with E-state index in [0.29, 0.717) is 31.6 Å². The Kier molecular flexibility index (Phi) is 8.22. The summed E-state index contributed by atoms with van der Waals surface area (Å²) in [6.45, 7) is 6.17. The van der Waals surface area contributed by atoms with E-state index in [9.17, 15) is 0 Å². The number of nitrogens with one attached hydrogen (secondary N) is 1. The van der Waals surface area contributed by atoms with Crippen LogP contribution in [0.4, 0.5) is 0 Å². The molecule has 0 amide bonds. The number of benzene rings is 2. The monoisotopic (exact) mass is 481 g/mol. The van der Waals surface area contributed by atoms with E-state index in [1.807, 2.05) is 42.5 Å². The lowest BCUT2D eigenvalue weighted by molar-refractivity contribution is 0.262. The number of guanidine groups is 1. The lowest BCUT2D eigenvalue weighted by Crippen LogP contribution is -2.37. The van der Waals surface area contributed by atoms with Crippen molar-refractivity contribution >= 4 is 29.9 Å². The molecule has 6 heteroatoms. The summed E-state index contributed by atoms with van der Waals surface area (Å²) in [4.78, 5) is 4.48. The molecule has 3 rings (SSSR count). The number of rotatable bonds is 6. The molecule has 5 nitrogen and oxygen atoms in total. The van der Waals surface area contributed by atoms with Crippen molar-refractivity contribution < 1.29 is 9.47 Å². The first-order valence-corrected chi connectivity index (χ1v) is 9.11. The molecule has 1 aliphatic rings. The number of para-hydroxylation sites is 1. The van der Waals surface area contributed by atoms with Crippen LogP contribution < -0.4 is 20.5 Å². The van der Waals surface area contributed by atoms with E-state index in [2.05, 4.69) is 30.2 Å². The maximum atomic E-state index is 6.11. The molecule has 1 heterocycles. The summed E-state index contributed by atoms with van der Waals surface area (Å²) in [5.41, 5.74) is 8.31. The van der Waals surface area contributed by atoms with Gasteiger partial charge in [0.1, 0.15) is 11.5 Å². The molecule has 1 aliphatic heterocycles. The third-order valence-corrected chi connectivity index (χ3v) is 4.19. The highest BCUT2D eigenvalue weighted by Gasteiger charge is 2.21. The molecule has 0 bridgehead atoms. The SMILES string of the molecule is CC(C)COc1cccc(CN=C(N)NC2CCOc3ccccc32)c1.I. The van der Waals surface area contributed by atoms with Gasteiger partial charge in [0.15, 0.2) is 5.96 Å². The molecule has 0 saturated heterocycles. The molecule has 0 fully saturated rings. The van der Waals surface area contributed by atoms with Gasteiger partial charge in [-0.05, 0) is 29.7 Å². The van der Waals surface area contributed by atoms with Crippen LogP contribution in [0, 0.1) is 5.92 Å². The van der Waals surface area contributed by atoms with Crippen LogP contribution in [0.25, 0.3) is 0 Å². The van der Waals surface area contributed by atoms with E-state index >= 15 is 0 Å². The van der Waals surface area contributed by atoms with Gasteiger partial charge in [-0.15, -0.1) is 24.0 Å². The molecule has 0 aromatic heterocycles. The third kappa shape index (κ3) is 6.30. The fourth-order valence-electron chi connectivity index (χ4n) is 2.89. The van der Waals surface area contributed by atoms with Gasteiger partial charge >= 0.3 is 0 Å². The van der Waals surface area contributed by atoms with Crippen LogP contribution in [-0.2, 0) is 6.54 Å². The Hall–Kier alpha value is -1.96. The standard InChI is InChI=1S/C21H27N3O2.HI/c1-15(2)14-26-17-7-5-6-16(12-17)13-23-21(22)24-19-10-11-25-20-9-4-3-8-18(19)20;/h3-9,12,15,19H,10-11,13-14H2,1-2H3,(H3,22,23,24);1H. The Labute approximate surface area is 178 Å². The molecular formula is C21H28IN3O2. The largest absolute Gasteiger partial charge is 0.493 e. The average molecular weight is 481 g/mol. The first-order chi connectivity index (χ1) is 12.6. The molecule has 3 N–H and O–H groups in total. The topological polar surface area (TPSA) is 68.9 Å². The zero-order valence-electron chi connectivity index (χ0n) is 15.9. The normalized spacial score (nSPS) is 16.1. The smallest absolute Gasteiger partial charge is 0.189 e. The van der Waals surface area contributed by atoms with Gasteiger partial charge in [0.05, 0.1) is 25.8 Å². The van der Waals surface area contributed by atoms with Crippen molar-refractivity contribution in [1.29, 1.82) is 0 Å². The second-order valence-electron chi connectivity index (χ2n) is 6.93. The maximum absolute atomic E-state index is 6.11. The summed E-state index contributed by atoms with van der Waals surface area (Å²) in [6.07, 6.45) is 0.867. The first-order valence-electron chi connectivity index (χ1n) is 9.11. The molecule has 0 radical (unpaired) electrons. The van der Waals surface area contributed by atoms with Crippen LogP contribution in [-0.4, -0.2) is 19.2 Å². The van der Waals surface area contributed by atoms with Gasteiger partial charge in [0.2, 0.25) is 0 Å². The molecule has 0 aliphatic carbocycles. The third-order valence-electron chi connectivity index (χ3n) is 4.19. The van der Waals surface area contributed by atoms with Gasteiger partial charge in [-0.25, -0.2) is 4.99 Å². The van der Waals surface area contributed by atoms with E-state index in [0.717, 1.165) is 29.0 Å². The van der Waals surface area contributed by atoms with Gasteiger partial charge in [0, 0.05) is 12.0 Å². The second kappa shape index (κ2) is 10.4. The molecule has 27 heavy (non-hydrogen) atoms. The van der Waals surface area contributed by atoms with E-state index < -0.39 is 0 Å². The molecule has 0 saturated carbocycles. The minimum absolute atomic E-state index is 0. The van der Waals surface area contributed by atoms with Gasteiger partial charge in [-0.1, -0.05) is 44.2 Å². The Morgan fingerprint density at radius 1 is 1.26 bits per heavy atom. The number of halogens is 1. The highest BCUT2D eigenvalue weighted by molar-refractivity contribution is 14.0. The highest BCUT2D eigenvalue weighted by Crippen LogP contribution is 2.31. The predicted octanol–water partition coefficient (Wildman–Crippen LogP) is 4.27. The lowest BCUT2D eigenvalue weighted by atomic mass is 10.0.